The van der Waals surface area contributed by atoms with Crippen molar-refractivity contribution in [2.45, 2.75) is 0 Å². The molecule has 0 unspecified atom stereocenters. The van der Waals surface area contributed by atoms with Crippen molar-refractivity contribution in [3.05, 3.63) is 0 Å². The molecule has 0 saturated carbocycles. The Morgan fingerprint density at radius 2 is 1.75 bits per heavy atom. The normalized spacial score (nSPS) is 14.8. The number of amides is 1. The van der Waals surface area contributed by atoms with Crippen LogP contribution >= 0.6 is 0 Å². The average Bonchev–Trinajstić information content (AvgIpc) is 2.12. The van der Waals surface area contributed by atoms with Crippen LogP contribution in [0.1, 0.15) is 0 Å². The van der Waals surface area contributed by atoms with Gasteiger partial charge in [-0.05, 0) is 0 Å². The Labute approximate surface area is 96.7 Å². The van der Waals surface area contributed by atoms with Gasteiger partial charge in [0.05, 0.1) is 6.54 Å². The first-order valence-corrected chi connectivity index (χ1v) is 5.94. The van der Waals surface area contributed by atoms with Crippen LogP contribution in [0.5, 0.6) is 0 Å². The van der Waals surface area contributed by atoms with Crippen LogP contribution in [-0.2, 0) is 4.74 Å². The third kappa shape index (κ3) is 17.1. The SMILES string of the molecule is O=C1NCCO1.[Na+].[O-][I+3]([O-])([O-])[O-]. The second kappa shape index (κ2) is 7.26. The van der Waals surface area contributed by atoms with Crippen molar-refractivity contribution in [2.75, 3.05) is 13.2 Å². The van der Waals surface area contributed by atoms with Gasteiger partial charge in [0.25, 0.3) is 0 Å². The maximum Gasteiger partial charge on any atom is 1.00 e. The van der Waals surface area contributed by atoms with Gasteiger partial charge >= 0.3 is 35.7 Å². The molecule has 1 aliphatic rings. The second-order valence-corrected chi connectivity index (χ2v) is 3.60. The van der Waals surface area contributed by atoms with Crippen LogP contribution < -0.4 is 68.7 Å². The summed E-state index contributed by atoms with van der Waals surface area (Å²) in [5.41, 5.74) is 0. The van der Waals surface area contributed by atoms with Crippen LogP contribution in [0.15, 0.2) is 0 Å². The fourth-order valence-electron chi connectivity index (χ4n) is 0.348. The van der Waals surface area contributed by atoms with Crippen molar-refractivity contribution < 1.29 is 72.9 Å². The molecule has 1 heterocycles. The summed E-state index contributed by atoms with van der Waals surface area (Å²) in [5, 5.41) is 2.46. The van der Waals surface area contributed by atoms with Crippen LogP contribution in [0.2, 0.25) is 0 Å². The summed E-state index contributed by atoms with van der Waals surface area (Å²) in [6.45, 7) is 1.19. The zero-order chi connectivity index (χ0) is 8.91. The molecule has 1 amide bonds. The predicted molar refractivity (Wildman–Crippen MR) is 19.4 cm³/mol. The second-order valence-electron chi connectivity index (χ2n) is 1.44. The summed E-state index contributed by atoms with van der Waals surface area (Å²) in [7, 11) is 0. The van der Waals surface area contributed by atoms with Crippen molar-refractivity contribution in [3.8, 4) is 0 Å². The number of hydrogen-bond acceptors (Lipinski definition) is 6. The number of carbonyl (C=O) groups is 1. The van der Waals surface area contributed by atoms with Crippen LogP contribution in [-0.4, -0.2) is 19.2 Å². The first kappa shape index (κ1) is 15.3. The van der Waals surface area contributed by atoms with Crippen molar-refractivity contribution in [2.24, 2.45) is 0 Å². The minimum atomic E-state index is -5.94. The number of carbonyl (C=O) groups excluding carboxylic acids is 1. The van der Waals surface area contributed by atoms with Crippen molar-refractivity contribution >= 4 is 6.09 Å². The molecule has 0 aliphatic carbocycles. The van der Waals surface area contributed by atoms with Gasteiger partial charge in [-0.25, -0.2) is 4.79 Å². The maximum atomic E-state index is 9.91. The monoisotopic (exact) mass is 301 g/mol. The van der Waals surface area contributed by atoms with Gasteiger partial charge in [0.15, 0.2) is 0 Å². The molecule has 9 heteroatoms. The van der Waals surface area contributed by atoms with Crippen LogP contribution in [0.4, 0.5) is 4.79 Å². The van der Waals surface area contributed by atoms with Gasteiger partial charge in [-0.3, -0.25) is 13.7 Å². The summed E-state index contributed by atoms with van der Waals surface area (Å²) in [6, 6.07) is 0. The Bertz CT molecular complexity index is 123. The quantitative estimate of drug-likeness (QED) is 0.349. The molecule has 0 bridgehead atoms. The Balaban J connectivity index is 0. The molecule has 0 spiro atoms. The predicted octanol–water partition coefficient (Wildman–Crippen LogP) is -11.0. The number of halogens is 1. The van der Waals surface area contributed by atoms with E-state index in [4.69, 9.17) is 13.7 Å². The smallest absolute Gasteiger partial charge is 0.448 e. The minimum Gasteiger partial charge on any atom is -0.448 e. The van der Waals surface area contributed by atoms with E-state index in [0.29, 0.717) is 13.2 Å². The molecule has 12 heavy (non-hydrogen) atoms. The van der Waals surface area contributed by atoms with E-state index in [-0.39, 0.29) is 35.7 Å². The molecule has 0 aromatic carbocycles. The summed E-state index contributed by atoms with van der Waals surface area (Å²) < 4.78 is 38.9. The summed E-state index contributed by atoms with van der Waals surface area (Å²) in [5.74, 6) is 0. The molecule has 1 N–H and O–H groups in total. The molecule has 1 rings (SSSR count). The molecule has 1 saturated heterocycles. The molecule has 0 radical (unpaired) electrons. The van der Waals surface area contributed by atoms with Crippen LogP contribution in [0, 0.1) is 0 Å². The molecule has 7 nitrogen and oxygen atoms in total. The molecule has 0 atom stereocenters. The van der Waals surface area contributed by atoms with Gasteiger partial charge in [0.1, 0.15) is 26.7 Å². The first-order valence-electron chi connectivity index (χ1n) is 2.42. The van der Waals surface area contributed by atoms with E-state index in [2.05, 4.69) is 10.1 Å². The van der Waals surface area contributed by atoms with Crippen molar-refractivity contribution in [1.82, 2.24) is 5.32 Å². The van der Waals surface area contributed by atoms with Gasteiger partial charge in [-0.1, -0.05) is 0 Å². The molecule has 0 aromatic heterocycles. The van der Waals surface area contributed by atoms with Gasteiger partial charge in [0, 0.05) is 0 Å². The number of ether oxygens (including phenoxy) is 1. The van der Waals surface area contributed by atoms with E-state index < -0.39 is 20.1 Å². The number of alkyl carbamates (subject to hydrolysis) is 1. The summed E-state index contributed by atoms with van der Waals surface area (Å²) >= 11 is -5.94. The summed E-state index contributed by atoms with van der Waals surface area (Å²) in [6.07, 6.45) is -0.296. The van der Waals surface area contributed by atoms with Crippen LogP contribution in [0.3, 0.4) is 0 Å². The first-order chi connectivity index (χ1) is 4.89. The van der Waals surface area contributed by atoms with Gasteiger partial charge in [-0.15, -0.1) is 0 Å². The zero-order valence-electron chi connectivity index (χ0n) is 6.24. The Morgan fingerprint density at radius 1 is 1.33 bits per heavy atom. The molecule has 66 valence electrons. The zero-order valence-corrected chi connectivity index (χ0v) is 10.4. The third-order valence-electron chi connectivity index (χ3n) is 0.605. The number of nitrogens with one attached hydrogen (secondary N) is 1. The third-order valence-corrected chi connectivity index (χ3v) is 0.605. The molecule has 1 aliphatic heterocycles. The fourth-order valence-corrected chi connectivity index (χ4v) is 0.348. The summed E-state index contributed by atoms with van der Waals surface area (Å²) in [4.78, 5) is 9.91. The standard InChI is InChI=1S/C3H5NO2.IO4.Na/c5-3-4-1-2-6-3;2-1(3,4)5;/h1-2H2,(H,4,5);;/q;-1;+1. The number of rotatable bonds is 0. The van der Waals surface area contributed by atoms with E-state index in [1.807, 2.05) is 0 Å². The molecule has 1 fully saturated rings. The van der Waals surface area contributed by atoms with E-state index >= 15 is 0 Å². The average molecular weight is 301 g/mol. The Hall–Kier alpha value is 0.840. The number of hydrogen-bond donors (Lipinski definition) is 1. The maximum absolute atomic E-state index is 9.91. The minimum absolute atomic E-state index is 0. The van der Waals surface area contributed by atoms with E-state index in [0.717, 1.165) is 0 Å². The topological polar surface area (TPSA) is 131 Å². The fraction of sp³-hybridized carbons (Fsp3) is 0.667. The Morgan fingerprint density at radius 3 is 1.83 bits per heavy atom. The van der Waals surface area contributed by atoms with Gasteiger partial charge in [0.2, 0.25) is 0 Å². The molecule has 0 aromatic rings. The van der Waals surface area contributed by atoms with E-state index in [9.17, 15) is 4.79 Å². The number of cyclic esters (lactones) is 1. The van der Waals surface area contributed by atoms with Gasteiger partial charge in [-0.2, -0.15) is 0 Å². The Kier molecular flexibility index (Phi) is 9.27. The molecular formula is C3H5INNaO6. The van der Waals surface area contributed by atoms with Crippen LogP contribution in [0.25, 0.3) is 0 Å². The van der Waals surface area contributed by atoms with E-state index in [1.54, 1.807) is 0 Å². The van der Waals surface area contributed by atoms with E-state index in [1.165, 1.54) is 0 Å². The van der Waals surface area contributed by atoms with Crippen molar-refractivity contribution in [3.63, 3.8) is 0 Å². The largest absolute Gasteiger partial charge is 1.00 e. The molecular weight excluding hydrogens is 296 g/mol. The van der Waals surface area contributed by atoms with Crippen molar-refractivity contribution in [1.29, 1.82) is 0 Å². The van der Waals surface area contributed by atoms with Gasteiger partial charge < -0.3 is 10.1 Å².